The molecular weight excluding hydrogens is 368 g/mol. The van der Waals surface area contributed by atoms with Gasteiger partial charge in [-0.25, -0.2) is 9.97 Å². The molecule has 0 unspecified atom stereocenters. The number of amides is 1. The van der Waals surface area contributed by atoms with Crippen molar-refractivity contribution in [3.05, 3.63) is 53.6 Å². The van der Waals surface area contributed by atoms with Crippen LogP contribution >= 0.6 is 11.8 Å². The van der Waals surface area contributed by atoms with Gasteiger partial charge in [-0.1, -0.05) is 30.0 Å². The molecule has 1 saturated heterocycles. The Morgan fingerprint density at radius 1 is 1.04 bits per heavy atom. The molecule has 6 heteroatoms. The number of nitrogens with one attached hydrogen (secondary N) is 1. The highest BCUT2D eigenvalue weighted by atomic mass is 32.2. The van der Waals surface area contributed by atoms with Crippen molar-refractivity contribution in [1.82, 2.24) is 9.97 Å². The van der Waals surface area contributed by atoms with E-state index < -0.39 is 0 Å². The van der Waals surface area contributed by atoms with Crippen molar-refractivity contribution >= 4 is 40.2 Å². The molecule has 0 atom stereocenters. The molecule has 0 saturated carbocycles. The number of aromatic nitrogens is 2. The zero-order valence-corrected chi connectivity index (χ0v) is 17.1. The molecular formula is C22H24N4OS. The predicted octanol–water partition coefficient (Wildman–Crippen LogP) is 4.58. The summed E-state index contributed by atoms with van der Waals surface area (Å²) in [6.07, 6.45) is 2.34. The van der Waals surface area contributed by atoms with Crippen LogP contribution in [0.25, 0.3) is 11.0 Å². The van der Waals surface area contributed by atoms with Crippen LogP contribution in [-0.4, -0.2) is 34.7 Å². The van der Waals surface area contributed by atoms with Gasteiger partial charge in [-0.2, -0.15) is 0 Å². The molecule has 0 radical (unpaired) electrons. The zero-order chi connectivity index (χ0) is 19.5. The minimum absolute atomic E-state index is 0.0319. The Bertz CT molecular complexity index is 1010. The number of carbonyl (C=O) groups excluding carboxylic acids is 1. The smallest absolute Gasteiger partial charge is 0.234 e. The van der Waals surface area contributed by atoms with E-state index >= 15 is 0 Å². The number of para-hydroxylation sites is 2. The molecule has 144 valence electrons. The average molecular weight is 393 g/mol. The maximum atomic E-state index is 12.5. The van der Waals surface area contributed by atoms with Crippen LogP contribution in [0.15, 0.2) is 47.5 Å². The summed E-state index contributed by atoms with van der Waals surface area (Å²) in [5.41, 5.74) is 4.98. The summed E-state index contributed by atoms with van der Waals surface area (Å²) in [5.74, 6) is 1.18. The van der Waals surface area contributed by atoms with Crippen LogP contribution in [0.3, 0.4) is 0 Å². The van der Waals surface area contributed by atoms with Gasteiger partial charge in [0.15, 0.2) is 5.82 Å². The number of carbonyl (C=O) groups is 1. The second-order valence-electron chi connectivity index (χ2n) is 7.17. The third-order valence-electron chi connectivity index (χ3n) is 5.06. The Labute approximate surface area is 169 Å². The van der Waals surface area contributed by atoms with E-state index in [2.05, 4.69) is 17.1 Å². The monoisotopic (exact) mass is 392 g/mol. The topological polar surface area (TPSA) is 58.1 Å². The van der Waals surface area contributed by atoms with Gasteiger partial charge in [0.2, 0.25) is 5.91 Å². The number of benzene rings is 2. The van der Waals surface area contributed by atoms with Crippen LogP contribution in [0.1, 0.15) is 24.0 Å². The van der Waals surface area contributed by atoms with Gasteiger partial charge < -0.3 is 10.2 Å². The molecule has 28 heavy (non-hydrogen) atoms. The predicted molar refractivity (Wildman–Crippen MR) is 116 cm³/mol. The lowest BCUT2D eigenvalue weighted by molar-refractivity contribution is -0.113. The number of nitrogens with zero attached hydrogens (tertiary/aromatic N) is 3. The molecule has 0 spiro atoms. The number of thioether (sulfide) groups is 1. The Balaban J connectivity index is 1.52. The molecule has 2 aromatic carbocycles. The van der Waals surface area contributed by atoms with Crippen LogP contribution in [-0.2, 0) is 4.79 Å². The van der Waals surface area contributed by atoms with Crippen molar-refractivity contribution < 1.29 is 4.79 Å². The van der Waals surface area contributed by atoms with Gasteiger partial charge >= 0.3 is 0 Å². The van der Waals surface area contributed by atoms with E-state index in [1.807, 2.05) is 49.4 Å². The summed E-state index contributed by atoms with van der Waals surface area (Å²) < 4.78 is 0. The van der Waals surface area contributed by atoms with E-state index in [0.717, 1.165) is 40.7 Å². The first kappa shape index (κ1) is 18.7. The highest BCUT2D eigenvalue weighted by Gasteiger charge is 2.20. The average Bonchev–Trinajstić information content (AvgIpc) is 3.23. The van der Waals surface area contributed by atoms with Gasteiger partial charge in [0.25, 0.3) is 0 Å². The summed E-state index contributed by atoms with van der Waals surface area (Å²) in [7, 11) is 0. The van der Waals surface area contributed by atoms with E-state index in [9.17, 15) is 4.79 Å². The quantitative estimate of drug-likeness (QED) is 0.644. The van der Waals surface area contributed by atoms with E-state index in [4.69, 9.17) is 9.97 Å². The van der Waals surface area contributed by atoms with Crippen LogP contribution in [0.2, 0.25) is 0 Å². The van der Waals surface area contributed by atoms with Gasteiger partial charge in [-0.05, 0) is 62.1 Å². The maximum Gasteiger partial charge on any atom is 0.234 e. The standard InChI is InChI=1S/C22H24N4OS/c1-15-9-10-17(13-16(15)2)23-20(27)14-28-22-21(26-11-5-6-12-26)24-18-7-3-4-8-19(18)25-22/h3-4,7-10,13H,5-6,11-12,14H2,1-2H3,(H,23,27). The largest absolute Gasteiger partial charge is 0.354 e. The van der Waals surface area contributed by atoms with Gasteiger partial charge in [0.1, 0.15) is 5.03 Å². The van der Waals surface area contributed by atoms with Crippen LogP contribution < -0.4 is 10.2 Å². The number of anilines is 2. The summed E-state index contributed by atoms with van der Waals surface area (Å²) in [4.78, 5) is 24.4. The first-order valence-electron chi connectivity index (χ1n) is 9.62. The fourth-order valence-electron chi connectivity index (χ4n) is 3.36. The van der Waals surface area contributed by atoms with Crippen molar-refractivity contribution in [2.24, 2.45) is 0 Å². The molecule has 4 rings (SSSR count). The molecule has 3 aromatic rings. The Morgan fingerprint density at radius 2 is 1.75 bits per heavy atom. The molecule has 0 bridgehead atoms. The Morgan fingerprint density at radius 3 is 2.46 bits per heavy atom. The highest BCUT2D eigenvalue weighted by Crippen LogP contribution is 2.31. The molecule has 1 fully saturated rings. The summed E-state index contributed by atoms with van der Waals surface area (Å²) >= 11 is 1.46. The van der Waals surface area contributed by atoms with E-state index in [-0.39, 0.29) is 5.91 Å². The molecule has 1 amide bonds. The van der Waals surface area contributed by atoms with E-state index in [0.29, 0.717) is 5.75 Å². The normalized spacial score (nSPS) is 13.9. The number of aryl methyl sites for hydroxylation is 2. The lowest BCUT2D eigenvalue weighted by Gasteiger charge is -2.19. The van der Waals surface area contributed by atoms with Gasteiger partial charge in [0, 0.05) is 18.8 Å². The van der Waals surface area contributed by atoms with Crippen molar-refractivity contribution in [3.8, 4) is 0 Å². The SMILES string of the molecule is Cc1ccc(NC(=O)CSc2nc3ccccc3nc2N2CCCC2)cc1C. The molecule has 1 aliphatic heterocycles. The maximum absolute atomic E-state index is 12.5. The second kappa shape index (κ2) is 8.19. The Hall–Kier alpha value is -2.60. The highest BCUT2D eigenvalue weighted by molar-refractivity contribution is 8.00. The molecule has 1 N–H and O–H groups in total. The first-order chi connectivity index (χ1) is 13.6. The third-order valence-corrected chi connectivity index (χ3v) is 6.01. The number of hydrogen-bond acceptors (Lipinski definition) is 5. The van der Waals surface area contributed by atoms with E-state index in [1.165, 1.54) is 35.7 Å². The molecule has 2 heterocycles. The fourth-order valence-corrected chi connectivity index (χ4v) is 4.16. The second-order valence-corrected chi connectivity index (χ2v) is 8.14. The number of hydrogen-bond donors (Lipinski definition) is 1. The third kappa shape index (κ3) is 4.12. The van der Waals surface area contributed by atoms with Crippen molar-refractivity contribution in [3.63, 3.8) is 0 Å². The lowest BCUT2D eigenvalue weighted by atomic mass is 10.1. The minimum Gasteiger partial charge on any atom is -0.354 e. The van der Waals surface area contributed by atoms with E-state index in [1.54, 1.807) is 0 Å². The first-order valence-corrected chi connectivity index (χ1v) is 10.6. The summed E-state index contributed by atoms with van der Waals surface area (Å²) in [6, 6.07) is 13.9. The fraction of sp³-hybridized carbons (Fsp3) is 0.318. The van der Waals surface area contributed by atoms with Crippen LogP contribution in [0.4, 0.5) is 11.5 Å². The molecule has 1 aromatic heterocycles. The van der Waals surface area contributed by atoms with Crippen LogP contribution in [0.5, 0.6) is 0 Å². The molecule has 0 aliphatic carbocycles. The van der Waals surface area contributed by atoms with Crippen LogP contribution in [0, 0.1) is 13.8 Å². The Kier molecular flexibility index (Phi) is 5.48. The van der Waals surface area contributed by atoms with Crippen molar-refractivity contribution in [2.45, 2.75) is 31.7 Å². The van der Waals surface area contributed by atoms with Crippen molar-refractivity contribution in [2.75, 3.05) is 29.1 Å². The molecule has 1 aliphatic rings. The zero-order valence-electron chi connectivity index (χ0n) is 16.2. The lowest BCUT2D eigenvalue weighted by Crippen LogP contribution is -2.21. The minimum atomic E-state index is -0.0319. The summed E-state index contributed by atoms with van der Waals surface area (Å²) in [6.45, 7) is 6.10. The van der Waals surface area contributed by atoms with Crippen molar-refractivity contribution in [1.29, 1.82) is 0 Å². The molecule has 5 nitrogen and oxygen atoms in total. The van der Waals surface area contributed by atoms with Gasteiger partial charge in [0.05, 0.1) is 16.8 Å². The van der Waals surface area contributed by atoms with Gasteiger partial charge in [-0.15, -0.1) is 0 Å². The number of rotatable bonds is 5. The van der Waals surface area contributed by atoms with Gasteiger partial charge in [-0.3, -0.25) is 4.79 Å². The summed E-state index contributed by atoms with van der Waals surface area (Å²) in [5, 5.41) is 3.81. The number of fused-ring (bicyclic) bond motifs is 1.